The summed E-state index contributed by atoms with van der Waals surface area (Å²) in [4.78, 5) is 0.535. The third kappa shape index (κ3) is 1.54. The Morgan fingerprint density at radius 1 is 1.31 bits per heavy atom. The van der Waals surface area contributed by atoms with Gasteiger partial charge < -0.3 is 5.11 Å². The minimum Gasteiger partial charge on any atom is -0.508 e. The first-order valence-electron chi connectivity index (χ1n) is 4.17. The zero-order valence-electron chi connectivity index (χ0n) is 7.06. The van der Waals surface area contributed by atoms with Crippen LogP contribution in [0.25, 0.3) is 0 Å². The van der Waals surface area contributed by atoms with Crippen LogP contribution in [-0.2, 0) is 9.73 Å². The van der Waals surface area contributed by atoms with Crippen LogP contribution in [0.5, 0.6) is 5.75 Å². The highest BCUT2D eigenvalue weighted by Crippen LogP contribution is 2.34. The standard InChI is InChI=1S/C9H11NO2S/c10-13(12,9-5-6-9)8-3-1-7(11)2-4-8/h1-4,9-11H,5-6H2. The minimum atomic E-state index is -2.59. The Kier molecular flexibility index (Phi) is 1.80. The first kappa shape index (κ1) is 8.56. The van der Waals surface area contributed by atoms with Gasteiger partial charge in [-0.25, -0.2) is 8.99 Å². The number of phenols is 1. The molecular formula is C9H11NO2S. The van der Waals surface area contributed by atoms with Crippen LogP contribution in [0.3, 0.4) is 0 Å². The summed E-state index contributed by atoms with van der Waals surface area (Å²) in [5, 5.41) is 9.06. The molecule has 0 aliphatic heterocycles. The number of phenolic OH excluding ortho intramolecular Hbond substituents is 1. The number of hydrogen-bond donors (Lipinski definition) is 2. The second-order valence-corrected chi connectivity index (χ2v) is 5.63. The molecule has 1 aromatic carbocycles. The van der Waals surface area contributed by atoms with Crippen LogP contribution in [0.15, 0.2) is 29.2 Å². The van der Waals surface area contributed by atoms with Gasteiger partial charge in [0.1, 0.15) is 5.75 Å². The molecule has 0 bridgehead atoms. The van der Waals surface area contributed by atoms with Gasteiger partial charge in [-0.15, -0.1) is 0 Å². The second-order valence-electron chi connectivity index (χ2n) is 3.29. The fraction of sp³-hybridized carbons (Fsp3) is 0.333. The highest BCUT2D eigenvalue weighted by atomic mass is 32.2. The maximum atomic E-state index is 11.8. The molecule has 2 N–H and O–H groups in total. The van der Waals surface area contributed by atoms with Gasteiger partial charge in [0.15, 0.2) is 0 Å². The van der Waals surface area contributed by atoms with Crippen molar-refractivity contribution in [1.82, 2.24) is 0 Å². The molecule has 0 aromatic heterocycles. The lowest BCUT2D eigenvalue weighted by atomic mass is 10.3. The van der Waals surface area contributed by atoms with E-state index in [-0.39, 0.29) is 11.0 Å². The largest absolute Gasteiger partial charge is 0.508 e. The highest BCUT2D eigenvalue weighted by Gasteiger charge is 2.33. The summed E-state index contributed by atoms with van der Waals surface area (Å²) in [7, 11) is -2.59. The molecule has 1 aromatic rings. The quantitative estimate of drug-likeness (QED) is 0.761. The summed E-state index contributed by atoms with van der Waals surface area (Å²) in [5.41, 5.74) is 0. The van der Waals surface area contributed by atoms with Crippen LogP contribution < -0.4 is 0 Å². The molecule has 13 heavy (non-hydrogen) atoms. The average molecular weight is 197 g/mol. The third-order valence-corrected chi connectivity index (χ3v) is 4.56. The van der Waals surface area contributed by atoms with Crippen molar-refractivity contribution in [2.75, 3.05) is 0 Å². The predicted octanol–water partition coefficient (Wildman–Crippen LogP) is 1.96. The molecule has 0 amide bonds. The molecule has 70 valence electrons. The van der Waals surface area contributed by atoms with Gasteiger partial charge >= 0.3 is 0 Å². The van der Waals surface area contributed by atoms with E-state index in [1.165, 1.54) is 12.1 Å². The topological polar surface area (TPSA) is 61.2 Å². The molecule has 0 saturated heterocycles. The molecule has 1 saturated carbocycles. The first-order chi connectivity index (χ1) is 6.10. The van der Waals surface area contributed by atoms with E-state index in [2.05, 4.69) is 0 Å². The first-order valence-corrected chi connectivity index (χ1v) is 5.79. The van der Waals surface area contributed by atoms with E-state index < -0.39 is 9.73 Å². The van der Waals surface area contributed by atoms with Gasteiger partial charge in [-0.3, -0.25) is 0 Å². The molecule has 1 atom stereocenters. The van der Waals surface area contributed by atoms with Gasteiger partial charge in [0.25, 0.3) is 0 Å². The summed E-state index contributed by atoms with van der Waals surface area (Å²) >= 11 is 0. The van der Waals surface area contributed by atoms with Crippen LogP contribution in [0.4, 0.5) is 0 Å². The van der Waals surface area contributed by atoms with Gasteiger partial charge in [-0.1, -0.05) is 0 Å². The van der Waals surface area contributed by atoms with Crippen LogP contribution in [0.1, 0.15) is 12.8 Å². The number of nitrogens with one attached hydrogen (secondary N) is 1. The van der Waals surface area contributed by atoms with Gasteiger partial charge in [0.05, 0.1) is 9.73 Å². The third-order valence-electron chi connectivity index (χ3n) is 2.18. The van der Waals surface area contributed by atoms with E-state index >= 15 is 0 Å². The lowest BCUT2D eigenvalue weighted by Crippen LogP contribution is -2.04. The molecule has 4 heteroatoms. The van der Waals surface area contributed by atoms with Crippen molar-refractivity contribution < 1.29 is 9.32 Å². The molecule has 0 spiro atoms. The van der Waals surface area contributed by atoms with Crippen molar-refractivity contribution in [3.8, 4) is 5.75 Å². The van der Waals surface area contributed by atoms with Crippen molar-refractivity contribution in [1.29, 1.82) is 4.78 Å². The number of rotatable bonds is 2. The predicted molar refractivity (Wildman–Crippen MR) is 50.3 cm³/mol. The summed E-state index contributed by atoms with van der Waals surface area (Å²) < 4.78 is 19.5. The van der Waals surface area contributed by atoms with E-state index in [9.17, 15) is 4.21 Å². The van der Waals surface area contributed by atoms with Crippen LogP contribution >= 0.6 is 0 Å². The van der Waals surface area contributed by atoms with E-state index in [1.54, 1.807) is 12.1 Å². The smallest absolute Gasteiger partial charge is 0.115 e. The average Bonchev–Trinajstić information content (AvgIpc) is 2.87. The molecule has 3 nitrogen and oxygen atoms in total. The van der Waals surface area contributed by atoms with Crippen LogP contribution in [0.2, 0.25) is 0 Å². The SMILES string of the molecule is N=S(=O)(c1ccc(O)cc1)C1CC1. The Morgan fingerprint density at radius 3 is 2.31 bits per heavy atom. The second kappa shape index (κ2) is 2.73. The maximum absolute atomic E-state index is 11.8. The molecule has 1 aliphatic carbocycles. The summed E-state index contributed by atoms with van der Waals surface area (Å²) in [6.07, 6.45) is 1.78. The van der Waals surface area contributed by atoms with E-state index in [0.29, 0.717) is 4.90 Å². The fourth-order valence-corrected chi connectivity index (χ4v) is 2.97. The maximum Gasteiger partial charge on any atom is 0.115 e. The van der Waals surface area contributed by atoms with E-state index in [4.69, 9.17) is 9.89 Å². The van der Waals surface area contributed by atoms with Gasteiger partial charge in [-0.05, 0) is 37.1 Å². The lowest BCUT2D eigenvalue weighted by molar-refractivity contribution is 0.475. The van der Waals surface area contributed by atoms with Crippen LogP contribution in [0, 0.1) is 4.78 Å². The molecule has 1 aliphatic rings. The summed E-state index contributed by atoms with van der Waals surface area (Å²) in [5.74, 6) is 0.148. The molecule has 1 fully saturated rings. The summed E-state index contributed by atoms with van der Waals surface area (Å²) in [6.45, 7) is 0. The van der Waals surface area contributed by atoms with Gasteiger partial charge in [0.2, 0.25) is 0 Å². The van der Waals surface area contributed by atoms with E-state index in [0.717, 1.165) is 12.8 Å². The zero-order valence-corrected chi connectivity index (χ0v) is 7.88. The number of hydrogen-bond acceptors (Lipinski definition) is 3. The lowest BCUT2D eigenvalue weighted by Gasteiger charge is -2.04. The zero-order chi connectivity index (χ0) is 9.47. The van der Waals surface area contributed by atoms with Crippen molar-refractivity contribution >= 4 is 9.73 Å². The van der Waals surface area contributed by atoms with E-state index in [1.807, 2.05) is 0 Å². The van der Waals surface area contributed by atoms with Crippen molar-refractivity contribution in [3.05, 3.63) is 24.3 Å². The number of benzene rings is 1. The Balaban J connectivity index is 2.40. The molecule has 1 unspecified atom stereocenters. The van der Waals surface area contributed by atoms with Crippen molar-refractivity contribution in [2.45, 2.75) is 23.0 Å². The minimum absolute atomic E-state index is 0.0389. The van der Waals surface area contributed by atoms with Crippen molar-refractivity contribution in [3.63, 3.8) is 0 Å². The number of aromatic hydroxyl groups is 1. The fourth-order valence-electron chi connectivity index (χ4n) is 1.24. The molecule has 0 heterocycles. The Labute approximate surface area is 77.4 Å². The Bertz CT molecular complexity index is 404. The van der Waals surface area contributed by atoms with Crippen LogP contribution in [-0.4, -0.2) is 14.6 Å². The molecular weight excluding hydrogens is 186 g/mol. The Hall–Kier alpha value is -1.03. The van der Waals surface area contributed by atoms with Crippen molar-refractivity contribution in [2.24, 2.45) is 0 Å². The highest BCUT2D eigenvalue weighted by molar-refractivity contribution is 7.93. The molecule has 0 radical (unpaired) electrons. The monoisotopic (exact) mass is 197 g/mol. The summed E-state index contributed by atoms with van der Waals surface area (Å²) in [6, 6.07) is 6.10. The van der Waals surface area contributed by atoms with Gasteiger partial charge in [0, 0.05) is 10.1 Å². The molecule has 2 rings (SSSR count). The Morgan fingerprint density at radius 2 is 1.85 bits per heavy atom. The normalized spacial score (nSPS) is 20.9. The van der Waals surface area contributed by atoms with Gasteiger partial charge in [-0.2, -0.15) is 0 Å².